The van der Waals surface area contributed by atoms with Gasteiger partial charge in [-0.2, -0.15) is 0 Å². The standard InChI is InChI=1S/C24H40O3/c1-4-5-8-11-20(25)15-14-18-16-19-17-22(24(19,2)3)21(18)12-9-6-7-10-13-23(26)27/h6,9,14-15,18-22,25H,4-5,7-8,10-13,16-17H2,1-3H3,(H,26,27)/t18-,19?,20+,21?,22?/m0/s1. The summed E-state index contributed by atoms with van der Waals surface area (Å²) in [5, 5.41) is 19.0. The summed E-state index contributed by atoms with van der Waals surface area (Å²) < 4.78 is 0. The lowest BCUT2D eigenvalue weighted by Gasteiger charge is -2.62. The molecule has 0 aromatic heterocycles. The van der Waals surface area contributed by atoms with Gasteiger partial charge < -0.3 is 10.2 Å². The number of carboxylic acid groups (broad SMARTS) is 1. The van der Waals surface area contributed by atoms with E-state index in [1.807, 2.05) is 0 Å². The Bertz CT molecular complexity index is 520. The molecule has 3 unspecified atom stereocenters. The Hall–Kier alpha value is -1.09. The van der Waals surface area contributed by atoms with Crippen LogP contribution in [0.1, 0.15) is 85.0 Å². The maximum Gasteiger partial charge on any atom is 0.303 e. The van der Waals surface area contributed by atoms with Crippen molar-refractivity contribution in [2.45, 2.75) is 91.1 Å². The fourth-order valence-corrected chi connectivity index (χ4v) is 5.26. The van der Waals surface area contributed by atoms with Crippen molar-refractivity contribution in [1.82, 2.24) is 0 Å². The van der Waals surface area contributed by atoms with Crippen LogP contribution in [0, 0.1) is 29.1 Å². The molecule has 3 heteroatoms. The van der Waals surface area contributed by atoms with Gasteiger partial charge in [0, 0.05) is 6.42 Å². The second-order valence-electron chi connectivity index (χ2n) is 9.37. The van der Waals surface area contributed by atoms with Crippen LogP contribution in [-0.4, -0.2) is 22.3 Å². The van der Waals surface area contributed by atoms with Gasteiger partial charge in [-0.05, 0) is 67.6 Å². The van der Waals surface area contributed by atoms with Gasteiger partial charge in [0.1, 0.15) is 0 Å². The van der Waals surface area contributed by atoms with Crippen LogP contribution in [0.25, 0.3) is 0 Å². The molecule has 2 bridgehead atoms. The van der Waals surface area contributed by atoms with E-state index in [0.29, 0.717) is 17.3 Å². The maximum absolute atomic E-state index is 10.6. The Balaban J connectivity index is 1.88. The van der Waals surface area contributed by atoms with E-state index < -0.39 is 5.97 Å². The van der Waals surface area contributed by atoms with Crippen molar-refractivity contribution in [2.75, 3.05) is 0 Å². The molecule has 2 N–H and O–H groups in total. The lowest BCUT2D eigenvalue weighted by atomic mass is 9.43. The van der Waals surface area contributed by atoms with Crippen LogP contribution in [0.2, 0.25) is 0 Å². The summed E-state index contributed by atoms with van der Waals surface area (Å²) in [6, 6.07) is 0. The smallest absolute Gasteiger partial charge is 0.303 e. The number of hydrogen-bond donors (Lipinski definition) is 2. The lowest BCUT2D eigenvalue weighted by Crippen LogP contribution is -2.55. The summed E-state index contributed by atoms with van der Waals surface area (Å²) in [5.74, 6) is 2.11. The second kappa shape index (κ2) is 10.5. The second-order valence-corrected chi connectivity index (χ2v) is 9.37. The molecule has 5 atom stereocenters. The van der Waals surface area contributed by atoms with Gasteiger partial charge in [-0.1, -0.05) is 64.3 Å². The SMILES string of the molecule is CCCCC[C@@H](O)C=C[C@H]1CC2CC(C1CC=CCCCC(=O)O)C2(C)C. The molecule has 3 nitrogen and oxygen atoms in total. The van der Waals surface area contributed by atoms with E-state index in [4.69, 9.17) is 5.11 Å². The van der Waals surface area contributed by atoms with E-state index in [2.05, 4.69) is 45.1 Å². The average molecular weight is 377 g/mol. The molecule has 0 radical (unpaired) electrons. The van der Waals surface area contributed by atoms with Gasteiger partial charge in [-0.3, -0.25) is 4.79 Å². The van der Waals surface area contributed by atoms with Crippen molar-refractivity contribution in [1.29, 1.82) is 0 Å². The highest BCUT2D eigenvalue weighted by atomic mass is 16.4. The summed E-state index contributed by atoms with van der Waals surface area (Å²) in [6.45, 7) is 7.04. The Labute approximate surface area is 165 Å². The number of aliphatic hydroxyl groups excluding tert-OH is 1. The van der Waals surface area contributed by atoms with Crippen molar-refractivity contribution in [2.24, 2.45) is 29.1 Å². The summed E-state index contributed by atoms with van der Waals surface area (Å²) in [4.78, 5) is 10.6. The molecule has 3 saturated carbocycles. The van der Waals surface area contributed by atoms with Gasteiger partial charge in [0.05, 0.1) is 6.10 Å². The van der Waals surface area contributed by atoms with E-state index in [-0.39, 0.29) is 12.5 Å². The Morgan fingerprint density at radius 1 is 1.19 bits per heavy atom. The van der Waals surface area contributed by atoms with E-state index in [1.54, 1.807) is 0 Å². The molecule has 0 aromatic rings. The molecule has 0 heterocycles. The summed E-state index contributed by atoms with van der Waals surface area (Å²) >= 11 is 0. The number of aliphatic hydroxyl groups is 1. The third-order valence-corrected chi connectivity index (χ3v) is 7.19. The highest BCUT2D eigenvalue weighted by Crippen LogP contribution is 2.64. The van der Waals surface area contributed by atoms with Crippen LogP contribution in [0.5, 0.6) is 0 Å². The zero-order valence-corrected chi connectivity index (χ0v) is 17.6. The highest BCUT2D eigenvalue weighted by Gasteiger charge is 2.56. The third kappa shape index (κ3) is 6.20. The molecule has 0 spiro atoms. The normalized spacial score (nSPS) is 30.5. The van der Waals surface area contributed by atoms with Crippen LogP contribution in [0.4, 0.5) is 0 Å². The van der Waals surface area contributed by atoms with Crippen LogP contribution >= 0.6 is 0 Å². The fourth-order valence-electron chi connectivity index (χ4n) is 5.26. The highest BCUT2D eigenvalue weighted by molar-refractivity contribution is 5.66. The van der Waals surface area contributed by atoms with Gasteiger partial charge in [0.2, 0.25) is 0 Å². The number of carbonyl (C=O) groups is 1. The molecule has 0 saturated heterocycles. The predicted molar refractivity (Wildman–Crippen MR) is 112 cm³/mol. The number of hydrogen-bond acceptors (Lipinski definition) is 2. The van der Waals surface area contributed by atoms with Crippen LogP contribution < -0.4 is 0 Å². The van der Waals surface area contributed by atoms with Crippen LogP contribution in [0.3, 0.4) is 0 Å². The maximum atomic E-state index is 10.6. The number of fused-ring (bicyclic) bond motifs is 2. The molecular weight excluding hydrogens is 336 g/mol. The fraction of sp³-hybridized carbons (Fsp3) is 0.792. The Morgan fingerprint density at radius 3 is 2.63 bits per heavy atom. The quantitative estimate of drug-likeness (QED) is 0.325. The van der Waals surface area contributed by atoms with Crippen molar-refractivity contribution in [3.63, 3.8) is 0 Å². The van der Waals surface area contributed by atoms with Crippen molar-refractivity contribution in [3.8, 4) is 0 Å². The topological polar surface area (TPSA) is 57.5 Å². The van der Waals surface area contributed by atoms with Crippen molar-refractivity contribution >= 4 is 5.97 Å². The third-order valence-electron chi connectivity index (χ3n) is 7.19. The van der Waals surface area contributed by atoms with E-state index in [9.17, 15) is 9.90 Å². The Kier molecular flexibility index (Phi) is 8.60. The molecular formula is C24H40O3. The molecule has 27 heavy (non-hydrogen) atoms. The molecule has 3 fully saturated rings. The first-order valence-electron chi connectivity index (χ1n) is 11.1. The molecule has 0 aromatic carbocycles. The monoisotopic (exact) mass is 376 g/mol. The van der Waals surface area contributed by atoms with Crippen LogP contribution in [0.15, 0.2) is 24.3 Å². The van der Waals surface area contributed by atoms with Gasteiger partial charge in [-0.15, -0.1) is 0 Å². The molecule has 3 rings (SSSR count). The minimum Gasteiger partial charge on any atom is -0.481 e. The minimum atomic E-state index is -0.708. The first-order valence-corrected chi connectivity index (χ1v) is 11.1. The zero-order valence-electron chi connectivity index (χ0n) is 17.6. The first-order chi connectivity index (χ1) is 12.9. The van der Waals surface area contributed by atoms with Crippen molar-refractivity contribution in [3.05, 3.63) is 24.3 Å². The predicted octanol–water partition coefficient (Wildman–Crippen LogP) is 5.98. The molecule has 154 valence electrons. The van der Waals surface area contributed by atoms with E-state index >= 15 is 0 Å². The summed E-state index contributed by atoms with van der Waals surface area (Å²) in [5.41, 5.74) is 0.450. The molecule has 3 aliphatic carbocycles. The zero-order chi connectivity index (χ0) is 19.9. The molecule has 0 aliphatic heterocycles. The average Bonchev–Trinajstić information content (AvgIpc) is 2.62. The Morgan fingerprint density at radius 2 is 1.96 bits per heavy atom. The summed E-state index contributed by atoms with van der Waals surface area (Å²) in [6.07, 6.45) is 18.4. The van der Waals surface area contributed by atoms with Gasteiger partial charge in [0.15, 0.2) is 0 Å². The largest absolute Gasteiger partial charge is 0.481 e. The van der Waals surface area contributed by atoms with Gasteiger partial charge in [0.25, 0.3) is 0 Å². The van der Waals surface area contributed by atoms with E-state index in [0.717, 1.165) is 43.9 Å². The van der Waals surface area contributed by atoms with E-state index in [1.165, 1.54) is 25.7 Å². The first kappa shape index (κ1) is 22.2. The number of aliphatic carboxylic acids is 1. The lowest BCUT2D eigenvalue weighted by molar-refractivity contribution is -0.137. The number of rotatable bonds is 12. The molecule has 0 amide bonds. The minimum absolute atomic E-state index is 0.256. The van der Waals surface area contributed by atoms with Crippen LogP contribution in [-0.2, 0) is 4.79 Å². The number of allylic oxidation sites excluding steroid dienone is 3. The molecule has 3 aliphatic rings. The van der Waals surface area contributed by atoms with Gasteiger partial charge >= 0.3 is 5.97 Å². The van der Waals surface area contributed by atoms with Gasteiger partial charge in [-0.25, -0.2) is 0 Å². The summed E-state index contributed by atoms with van der Waals surface area (Å²) in [7, 11) is 0. The number of unbranched alkanes of at least 4 members (excludes halogenated alkanes) is 3. The number of carboxylic acids is 1. The van der Waals surface area contributed by atoms with Crippen molar-refractivity contribution < 1.29 is 15.0 Å².